The van der Waals surface area contributed by atoms with E-state index in [-0.39, 0.29) is 35.9 Å². The first kappa shape index (κ1) is 29.6. The van der Waals surface area contributed by atoms with Crippen LogP contribution in [-0.2, 0) is 28.7 Å². The summed E-state index contributed by atoms with van der Waals surface area (Å²) in [5.74, 6) is -1.87. The Labute approximate surface area is 214 Å². The quantitative estimate of drug-likeness (QED) is 0.321. The normalized spacial score (nSPS) is 31.1. The third kappa shape index (κ3) is 8.52. The van der Waals surface area contributed by atoms with Crippen LogP contribution in [0.1, 0.15) is 65.7 Å². The Kier molecular flexibility index (Phi) is 11.7. The minimum absolute atomic E-state index is 0.0478. The van der Waals surface area contributed by atoms with Gasteiger partial charge in [-0.05, 0) is 44.1 Å². The first-order chi connectivity index (χ1) is 17.0. The van der Waals surface area contributed by atoms with Gasteiger partial charge in [0.2, 0.25) is 11.8 Å². The van der Waals surface area contributed by atoms with Gasteiger partial charge < -0.3 is 14.6 Å². The van der Waals surface area contributed by atoms with E-state index in [1.807, 2.05) is 25.2 Å². The van der Waals surface area contributed by atoms with E-state index >= 15 is 0 Å². The number of ether oxygens (including phenoxy) is 2. The van der Waals surface area contributed by atoms with E-state index in [2.05, 4.69) is 0 Å². The lowest BCUT2D eigenvalue weighted by Gasteiger charge is -2.28. The van der Waals surface area contributed by atoms with Crippen LogP contribution in [0.25, 0.3) is 0 Å². The molecule has 0 radical (unpaired) electrons. The van der Waals surface area contributed by atoms with Crippen LogP contribution in [-0.4, -0.2) is 66.0 Å². The molecule has 0 aromatic rings. The second-order valence-corrected chi connectivity index (χ2v) is 9.99. The van der Waals surface area contributed by atoms with Crippen LogP contribution in [0.4, 0.5) is 0 Å². The van der Waals surface area contributed by atoms with Gasteiger partial charge in [-0.15, -0.1) is 0 Å². The van der Waals surface area contributed by atoms with Crippen LogP contribution in [0.2, 0.25) is 0 Å². The minimum Gasteiger partial charge on any atom is -0.454 e. The number of carbonyl (C=O) groups excluding carboxylic acids is 4. The van der Waals surface area contributed by atoms with Crippen molar-refractivity contribution in [2.45, 2.75) is 84.0 Å². The highest BCUT2D eigenvalue weighted by molar-refractivity contribution is 5.97. The molecule has 0 spiro atoms. The van der Waals surface area contributed by atoms with Crippen molar-refractivity contribution < 1.29 is 33.8 Å². The number of hydrogen-bond acceptors (Lipinski definition) is 7. The van der Waals surface area contributed by atoms with Crippen molar-refractivity contribution in [3.8, 4) is 0 Å². The minimum atomic E-state index is -0.804. The Hall–Kier alpha value is -2.58. The smallest absolute Gasteiger partial charge is 0.331 e. The molecule has 36 heavy (non-hydrogen) atoms. The lowest BCUT2D eigenvalue weighted by Crippen LogP contribution is -2.40. The molecule has 2 aliphatic rings. The predicted octanol–water partition coefficient (Wildman–Crippen LogP) is 3.53. The number of allylic oxidation sites excluding steroid dienone is 2. The SMILES string of the molecule is CO[C@H]1/C=C/CC/C=C/C(=O)O[C@@H]([C@@H](C)C(=O)CCCC2CC(=O)N(C)C(=O)C2)/C(C)=C\[C@H](C)[C@H]1O. The van der Waals surface area contributed by atoms with E-state index in [1.165, 1.54) is 13.1 Å². The zero-order valence-electron chi connectivity index (χ0n) is 22.1. The molecule has 1 N–H and O–H groups in total. The van der Waals surface area contributed by atoms with Gasteiger partial charge in [-0.2, -0.15) is 0 Å². The van der Waals surface area contributed by atoms with E-state index in [9.17, 15) is 24.3 Å². The highest BCUT2D eigenvalue weighted by Crippen LogP contribution is 2.27. The van der Waals surface area contributed by atoms with Crippen LogP contribution in [0, 0.1) is 17.8 Å². The molecule has 0 unspecified atom stereocenters. The molecule has 0 aliphatic carbocycles. The number of carbonyl (C=O) groups is 4. The van der Waals surface area contributed by atoms with Crippen LogP contribution in [0.3, 0.4) is 0 Å². The van der Waals surface area contributed by atoms with Gasteiger partial charge in [0, 0.05) is 45.4 Å². The Morgan fingerprint density at radius 2 is 1.83 bits per heavy atom. The number of ketones is 1. The Bertz CT molecular complexity index is 872. The summed E-state index contributed by atoms with van der Waals surface area (Å²) in [5.41, 5.74) is 0.687. The summed E-state index contributed by atoms with van der Waals surface area (Å²) in [4.78, 5) is 50.6. The zero-order valence-corrected chi connectivity index (χ0v) is 22.1. The maximum atomic E-state index is 13.1. The molecule has 0 aromatic heterocycles. The standard InChI is InChI=1S/C28H41NO7/c1-18-15-19(2)28(36-26(33)14-9-7-6-8-13-23(35-5)27(18)34)20(3)22(30)12-10-11-21-16-24(31)29(4)25(32)17-21/h8-9,13-15,18,20-21,23,27-28,34H,6-7,10-12,16-17H2,1-5H3/b13-8+,14-9+,19-15-/t18-,20-,23-,27+,28+/m0/s1. The number of nitrogens with zero attached hydrogens (tertiary/aromatic N) is 1. The molecule has 2 rings (SSSR count). The highest BCUT2D eigenvalue weighted by atomic mass is 16.5. The monoisotopic (exact) mass is 503 g/mol. The summed E-state index contributed by atoms with van der Waals surface area (Å²) in [6, 6.07) is 0. The summed E-state index contributed by atoms with van der Waals surface area (Å²) in [6.07, 6.45) is 10.0. The first-order valence-electron chi connectivity index (χ1n) is 12.8. The summed E-state index contributed by atoms with van der Waals surface area (Å²) in [5, 5.41) is 10.8. The maximum Gasteiger partial charge on any atom is 0.331 e. The van der Waals surface area contributed by atoms with Crippen molar-refractivity contribution in [2.75, 3.05) is 14.2 Å². The van der Waals surface area contributed by atoms with Gasteiger partial charge >= 0.3 is 5.97 Å². The van der Waals surface area contributed by atoms with Gasteiger partial charge in [0.25, 0.3) is 0 Å². The largest absolute Gasteiger partial charge is 0.454 e. The molecule has 1 saturated heterocycles. The van der Waals surface area contributed by atoms with Crippen LogP contribution in [0.15, 0.2) is 36.0 Å². The number of likely N-dealkylation sites (tertiary alicyclic amines) is 1. The average Bonchev–Trinajstić information content (AvgIpc) is 2.83. The van der Waals surface area contributed by atoms with Crippen molar-refractivity contribution >= 4 is 23.6 Å². The second kappa shape index (κ2) is 14.2. The number of imide groups is 1. The number of aliphatic hydroxyl groups excluding tert-OH is 1. The van der Waals surface area contributed by atoms with Crippen LogP contribution in [0.5, 0.6) is 0 Å². The first-order valence-corrected chi connectivity index (χ1v) is 12.8. The second-order valence-electron chi connectivity index (χ2n) is 9.99. The van der Waals surface area contributed by atoms with Crippen molar-refractivity contribution in [1.82, 2.24) is 4.90 Å². The molecule has 8 nitrogen and oxygen atoms in total. The maximum absolute atomic E-state index is 13.1. The third-order valence-corrected chi connectivity index (χ3v) is 7.12. The lowest BCUT2D eigenvalue weighted by molar-refractivity contribution is -0.148. The number of aliphatic hydroxyl groups is 1. The fourth-order valence-electron chi connectivity index (χ4n) is 4.74. The van der Waals surface area contributed by atoms with Crippen molar-refractivity contribution in [3.63, 3.8) is 0 Å². The molecule has 0 aromatic carbocycles. The summed E-state index contributed by atoms with van der Waals surface area (Å²) >= 11 is 0. The van der Waals surface area contributed by atoms with Gasteiger partial charge in [0.05, 0.1) is 12.0 Å². The molecule has 5 atom stereocenters. The van der Waals surface area contributed by atoms with Gasteiger partial charge in [0.1, 0.15) is 18.0 Å². The van der Waals surface area contributed by atoms with E-state index in [4.69, 9.17) is 9.47 Å². The van der Waals surface area contributed by atoms with E-state index in [0.717, 1.165) is 4.90 Å². The molecule has 2 aliphatic heterocycles. The number of hydrogen-bond donors (Lipinski definition) is 1. The topological polar surface area (TPSA) is 110 Å². The van der Waals surface area contributed by atoms with Crippen molar-refractivity contribution in [2.24, 2.45) is 17.8 Å². The summed E-state index contributed by atoms with van der Waals surface area (Å²) in [7, 11) is 3.05. The molecule has 2 heterocycles. The Morgan fingerprint density at radius 3 is 2.47 bits per heavy atom. The molecular formula is C28H41NO7. The number of methoxy groups -OCH3 is 1. The number of rotatable bonds is 7. The Balaban J connectivity index is 2.11. The van der Waals surface area contributed by atoms with Gasteiger partial charge in [-0.25, -0.2) is 4.79 Å². The van der Waals surface area contributed by atoms with E-state index in [1.54, 1.807) is 27.0 Å². The van der Waals surface area contributed by atoms with E-state index in [0.29, 0.717) is 44.1 Å². The van der Waals surface area contributed by atoms with Gasteiger partial charge in [0.15, 0.2) is 0 Å². The van der Waals surface area contributed by atoms with Crippen LogP contribution < -0.4 is 0 Å². The average molecular weight is 504 g/mol. The van der Waals surface area contributed by atoms with Gasteiger partial charge in [-0.3, -0.25) is 19.3 Å². The number of Topliss-reactive ketones (excluding diaryl/α,β-unsaturated/α-hetero) is 1. The fraction of sp³-hybridized carbons (Fsp3) is 0.643. The summed E-state index contributed by atoms with van der Waals surface area (Å²) in [6.45, 7) is 5.40. The Morgan fingerprint density at radius 1 is 1.19 bits per heavy atom. The number of cyclic esters (lactones) is 1. The highest BCUT2D eigenvalue weighted by Gasteiger charge is 2.32. The number of piperidine rings is 1. The van der Waals surface area contributed by atoms with E-state index < -0.39 is 30.2 Å². The molecule has 2 amide bonds. The van der Waals surface area contributed by atoms with Crippen molar-refractivity contribution in [1.29, 1.82) is 0 Å². The van der Waals surface area contributed by atoms with Crippen molar-refractivity contribution in [3.05, 3.63) is 36.0 Å². The zero-order chi connectivity index (χ0) is 26.8. The number of amides is 2. The third-order valence-electron chi connectivity index (χ3n) is 7.12. The summed E-state index contributed by atoms with van der Waals surface area (Å²) < 4.78 is 11.2. The molecule has 200 valence electrons. The predicted molar refractivity (Wildman–Crippen MR) is 136 cm³/mol. The molecule has 0 saturated carbocycles. The van der Waals surface area contributed by atoms with Crippen LogP contribution >= 0.6 is 0 Å². The number of esters is 1. The molecule has 8 heteroatoms. The molecule has 0 bridgehead atoms. The fourth-order valence-corrected chi connectivity index (χ4v) is 4.74. The molecular weight excluding hydrogens is 462 g/mol. The molecule has 1 fully saturated rings. The lowest BCUT2D eigenvalue weighted by atomic mass is 9.86. The van der Waals surface area contributed by atoms with Gasteiger partial charge in [-0.1, -0.05) is 38.2 Å².